The number of nitrogens with zero attached hydrogens (tertiary/aromatic N) is 4. The van der Waals surface area contributed by atoms with E-state index in [1.165, 1.54) is 4.90 Å². The van der Waals surface area contributed by atoms with Gasteiger partial charge in [-0.05, 0) is 41.7 Å². The molecule has 1 saturated heterocycles. The number of hydrogen-bond acceptors (Lipinski definition) is 6. The number of anilines is 2. The van der Waals surface area contributed by atoms with Gasteiger partial charge in [0.2, 0.25) is 5.95 Å². The van der Waals surface area contributed by atoms with Crippen molar-refractivity contribution in [3.8, 4) is 11.4 Å². The molecule has 0 atom stereocenters. The largest absolute Gasteiger partial charge is 0.368 e. The third kappa shape index (κ3) is 4.22. The molecule has 1 aliphatic carbocycles. The fourth-order valence-corrected chi connectivity index (χ4v) is 4.77. The molecule has 0 spiro atoms. The Morgan fingerprint density at radius 1 is 1.11 bits per heavy atom. The summed E-state index contributed by atoms with van der Waals surface area (Å²) in [5, 5.41) is 10.0. The first-order chi connectivity index (χ1) is 16.5. The fraction of sp³-hybridized carbons (Fsp3) is 0.375. The van der Waals surface area contributed by atoms with Gasteiger partial charge in [0.15, 0.2) is 0 Å². The van der Waals surface area contributed by atoms with Gasteiger partial charge in [-0.25, -0.2) is 18.7 Å². The van der Waals surface area contributed by atoms with Gasteiger partial charge < -0.3 is 16.0 Å². The van der Waals surface area contributed by atoms with Crippen molar-refractivity contribution in [1.82, 2.24) is 25.1 Å². The average Bonchev–Trinajstić information content (AvgIpc) is 3.27. The smallest absolute Gasteiger partial charge is 0.273 e. The van der Waals surface area contributed by atoms with Crippen molar-refractivity contribution in [2.75, 3.05) is 24.1 Å². The molecule has 4 N–H and O–H groups in total. The highest BCUT2D eigenvalue weighted by Gasteiger charge is 2.39. The van der Waals surface area contributed by atoms with Gasteiger partial charge in [-0.15, -0.1) is 0 Å². The van der Waals surface area contributed by atoms with Crippen molar-refractivity contribution in [3.05, 3.63) is 52.8 Å². The number of nitrogens with two attached hydrogens (primary N) is 1. The summed E-state index contributed by atoms with van der Waals surface area (Å²) in [6, 6.07) is 6.38. The predicted molar refractivity (Wildman–Crippen MR) is 125 cm³/mol. The van der Waals surface area contributed by atoms with Gasteiger partial charge in [-0.2, -0.15) is 5.10 Å². The van der Waals surface area contributed by atoms with Crippen LogP contribution in [0.5, 0.6) is 0 Å². The molecule has 1 aromatic carbocycles. The molecule has 2 aromatic heterocycles. The Balaban J connectivity index is 1.34. The highest BCUT2D eigenvalue weighted by Crippen LogP contribution is 2.42. The molecule has 0 unspecified atom stereocenters. The third-order valence-corrected chi connectivity index (χ3v) is 6.58. The van der Waals surface area contributed by atoms with Crippen LogP contribution >= 0.6 is 0 Å². The first kappa shape index (κ1) is 22.9. The topological polar surface area (TPSA) is 130 Å². The number of H-pyrrole nitrogens is 1. The van der Waals surface area contributed by atoms with Crippen LogP contribution in [0.3, 0.4) is 0 Å². The minimum absolute atomic E-state index is 0.0186. The lowest BCUT2D eigenvalue weighted by molar-refractivity contribution is -0.0494. The highest BCUT2D eigenvalue weighted by atomic mass is 19.3. The lowest BCUT2D eigenvalue weighted by Gasteiger charge is -2.31. The van der Waals surface area contributed by atoms with Gasteiger partial charge in [-0.1, -0.05) is 13.8 Å². The van der Waals surface area contributed by atoms with E-state index in [0.717, 1.165) is 11.1 Å². The molecule has 3 heterocycles. The van der Waals surface area contributed by atoms with Crippen molar-refractivity contribution in [1.29, 1.82) is 0 Å². The molecule has 1 fully saturated rings. The van der Waals surface area contributed by atoms with Gasteiger partial charge in [0.1, 0.15) is 11.4 Å². The van der Waals surface area contributed by atoms with Crippen molar-refractivity contribution >= 4 is 23.5 Å². The Hall–Kier alpha value is -3.89. The van der Waals surface area contributed by atoms with E-state index >= 15 is 0 Å². The molecule has 35 heavy (non-hydrogen) atoms. The number of aromatic nitrogens is 4. The summed E-state index contributed by atoms with van der Waals surface area (Å²) >= 11 is 0. The summed E-state index contributed by atoms with van der Waals surface area (Å²) in [5.74, 6) is -3.26. The second-order valence-corrected chi connectivity index (χ2v) is 9.66. The van der Waals surface area contributed by atoms with Crippen LogP contribution in [0.2, 0.25) is 0 Å². The summed E-state index contributed by atoms with van der Waals surface area (Å²) in [5.41, 5.74) is 9.39. The molecule has 2 aliphatic rings. The number of benzene rings is 1. The number of carbonyl (C=O) groups excluding carboxylic acids is 2. The van der Waals surface area contributed by atoms with Crippen molar-refractivity contribution < 1.29 is 18.4 Å². The van der Waals surface area contributed by atoms with Crippen LogP contribution in [0.1, 0.15) is 58.7 Å². The monoisotopic (exact) mass is 481 g/mol. The lowest BCUT2D eigenvalue weighted by atomic mass is 9.73. The molecular weight excluding hydrogens is 456 g/mol. The molecule has 2 amide bonds. The number of halogens is 2. The molecule has 3 aromatic rings. The maximum atomic E-state index is 13.4. The zero-order chi connectivity index (χ0) is 25.0. The summed E-state index contributed by atoms with van der Waals surface area (Å²) in [6.07, 6.45) is 1.64. The van der Waals surface area contributed by atoms with Crippen LogP contribution in [-0.4, -0.2) is 55.9 Å². The van der Waals surface area contributed by atoms with Gasteiger partial charge in [-0.3, -0.25) is 14.7 Å². The maximum Gasteiger partial charge on any atom is 0.273 e. The number of nitrogen functional groups attached to an aromatic ring is 1. The minimum Gasteiger partial charge on any atom is -0.368 e. The zero-order valence-electron chi connectivity index (χ0n) is 19.4. The summed E-state index contributed by atoms with van der Waals surface area (Å²) in [6.45, 7) is 4.08. The Morgan fingerprint density at radius 3 is 2.49 bits per heavy atom. The molecule has 182 valence electrons. The number of alkyl halides is 2. The Morgan fingerprint density at radius 2 is 1.80 bits per heavy atom. The zero-order valence-corrected chi connectivity index (χ0v) is 19.4. The van der Waals surface area contributed by atoms with Crippen LogP contribution in [-0.2, 0) is 11.8 Å². The number of rotatable bonds is 3. The number of carbonyl (C=O) groups is 2. The molecule has 1 aliphatic heterocycles. The van der Waals surface area contributed by atoms with E-state index in [9.17, 15) is 18.4 Å². The van der Waals surface area contributed by atoms with Crippen LogP contribution in [0, 0.1) is 0 Å². The molecule has 9 nitrogen and oxygen atoms in total. The molecule has 0 saturated carbocycles. The number of nitrogens with one attached hydrogen (secondary N) is 2. The molecule has 0 radical (unpaired) electrons. The highest BCUT2D eigenvalue weighted by molar-refractivity contribution is 6.05. The normalized spacial score (nSPS) is 17.9. The fourth-order valence-electron chi connectivity index (χ4n) is 4.77. The van der Waals surface area contributed by atoms with Crippen LogP contribution in [0.15, 0.2) is 30.5 Å². The average molecular weight is 482 g/mol. The van der Waals surface area contributed by atoms with Gasteiger partial charge in [0.05, 0.1) is 5.69 Å². The van der Waals surface area contributed by atoms with Crippen LogP contribution < -0.4 is 11.1 Å². The number of aromatic amines is 1. The summed E-state index contributed by atoms with van der Waals surface area (Å²) < 4.78 is 26.8. The Kier molecular flexibility index (Phi) is 5.30. The van der Waals surface area contributed by atoms with Gasteiger partial charge >= 0.3 is 0 Å². The van der Waals surface area contributed by atoms with Crippen molar-refractivity contribution in [3.63, 3.8) is 0 Å². The molecular formula is C24H25F2N7O2. The van der Waals surface area contributed by atoms with Crippen molar-refractivity contribution in [2.45, 2.75) is 44.4 Å². The summed E-state index contributed by atoms with van der Waals surface area (Å²) in [7, 11) is 0. The van der Waals surface area contributed by atoms with E-state index in [2.05, 4.69) is 25.5 Å². The number of likely N-dealkylation sites (tertiary alicyclic amines) is 1. The number of piperidine rings is 1. The Labute approximate surface area is 200 Å². The molecule has 0 bridgehead atoms. The first-order valence-corrected chi connectivity index (χ1v) is 11.3. The van der Waals surface area contributed by atoms with E-state index < -0.39 is 11.3 Å². The molecule has 5 rings (SSSR count). The number of hydrogen-bond donors (Lipinski definition) is 3. The minimum atomic E-state index is -2.72. The second-order valence-electron chi connectivity index (χ2n) is 9.66. The van der Waals surface area contributed by atoms with Gasteiger partial charge in [0.25, 0.3) is 17.7 Å². The van der Waals surface area contributed by atoms with E-state index in [1.54, 1.807) is 30.5 Å². The standard InChI is InChI=1S/C24H25F2N7O2/c1-23(2)11-14-12-28-22(27)30-17(14)18-16(23)19(32-31-18)20(34)29-15-5-3-13(4-6-15)21(35)33-9-7-24(25,26)8-10-33/h3-6,12H,7-11H2,1-2H3,(H,29,34)(H,31,32)(H2,27,28,30). The quantitative estimate of drug-likeness (QED) is 0.526. The second kappa shape index (κ2) is 8.10. The summed E-state index contributed by atoms with van der Waals surface area (Å²) in [4.78, 5) is 35.6. The predicted octanol–water partition coefficient (Wildman–Crippen LogP) is 3.41. The number of fused-ring (bicyclic) bond motifs is 3. The van der Waals surface area contributed by atoms with Crippen LogP contribution in [0.25, 0.3) is 11.4 Å². The SMILES string of the molecule is CC1(C)Cc2cnc(N)nc2-c2n[nH]c(C(=O)Nc3ccc(C(=O)N4CCC(F)(F)CC4)cc3)c21. The first-order valence-electron chi connectivity index (χ1n) is 11.3. The van der Waals surface area contributed by atoms with E-state index in [-0.39, 0.29) is 43.7 Å². The Bertz CT molecular complexity index is 1310. The number of amides is 2. The van der Waals surface area contributed by atoms with E-state index in [4.69, 9.17) is 5.73 Å². The molecule has 11 heteroatoms. The van der Waals surface area contributed by atoms with Crippen LogP contribution in [0.4, 0.5) is 20.4 Å². The van der Waals surface area contributed by atoms with Crippen molar-refractivity contribution in [2.24, 2.45) is 0 Å². The third-order valence-electron chi connectivity index (χ3n) is 6.58. The van der Waals surface area contributed by atoms with Gasteiger partial charge in [0, 0.05) is 48.9 Å². The lowest BCUT2D eigenvalue weighted by Crippen LogP contribution is -2.42. The maximum absolute atomic E-state index is 13.4. The van der Waals surface area contributed by atoms with E-state index in [0.29, 0.717) is 34.8 Å². The van der Waals surface area contributed by atoms with E-state index in [1.807, 2.05) is 13.8 Å².